The third kappa shape index (κ3) is 2.38. The van der Waals surface area contributed by atoms with Gasteiger partial charge in [-0.05, 0) is 55.2 Å². The van der Waals surface area contributed by atoms with E-state index < -0.39 is 0 Å². The van der Waals surface area contributed by atoms with Crippen LogP contribution in [0.1, 0.15) is 37.5 Å². The first kappa shape index (κ1) is 14.3. The van der Waals surface area contributed by atoms with Crippen LogP contribution in [-0.4, -0.2) is 6.61 Å². The molecule has 3 rings (SSSR count). The van der Waals surface area contributed by atoms with Crippen molar-refractivity contribution < 1.29 is 4.74 Å². The van der Waals surface area contributed by atoms with Crippen LogP contribution < -0.4 is 4.74 Å². The van der Waals surface area contributed by atoms with Gasteiger partial charge in [-0.15, -0.1) is 0 Å². The van der Waals surface area contributed by atoms with Crippen molar-refractivity contribution in [2.75, 3.05) is 6.61 Å². The molecule has 0 spiro atoms. The van der Waals surface area contributed by atoms with Gasteiger partial charge in [0, 0.05) is 15.4 Å². The van der Waals surface area contributed by atoms with Crippen LogP contribution in [0.2, 0.25) is 0 Å². The molecule has 0 atom stereocenters. The van der Waals surface area contributed by atoms with Gasteiger partial charge < -0.3 is 4.74 Å². The smallest absolute Gasteiger partial charge is 0.123 e. The monoisotopic (exact) mass is 296 g/mol. The summed E-state index contributed by atoms with van der Waals surface area (Å²) in [7, 11) is 0. The second-order valence-corrected chi connectivity index (χ2v) is 6.06. The number of ether oxygens (including phenoxy) is 1. The molecule has 0 N–H and O–H groups in total. The summed E-state index contributed by atoms with van der Waals surface area (Å²) < 4.78 is 5.82. The van der Waals surface area contributed by atoms with Crippen LogP contribution in [0.25, 0.3) is 5.57 Å². The Bertz CT molecular complexity index is 701. The van der Waals surface area contributed by atoms with Gasteiger partial charge in [-0.25, -0.2) is 0 Å². The molecule has 0 aliphatic carbocycles. The molecule has 0 fully saturated rings. The molecule has 2 aromatic carbocycles. The molecule has 0 saturated heterocycles. The van der Waals surface area contributed by atoms with Crippen LogP contribution >= 0.6 is 11.8 Å². The molecule has 2 heteroatoms. The summed E-state index contributed by atoms with van der Waals surface area (Å²) in [4.78, 5) is 2.69. The molecular weight excluding hydrogens is 276 g/mol. The van der Waals surface area contributed by atoms with Crippen LogP contribution in [-0.2, 0) is 6.42 Å². The van der Waals surface area contributed by atoms with E-state index in [9.17, 15) is 0 Å². The molecular formula is C19H20OS. The first-order valence-corrected chi connectivity index (χ1v) is 8.34. The molecule has 108 valence electrons. The second-order valence-electron chi connectivity index (χ2n) is 5.01. The van der Waals surface area contributed by atoms with Crippen molar-refractivity contribution >= 4 is 17.3 Å². The minimum Gasteiger partial charge on any atom is -0.494 e. The molecule has 21 heavy (non-hydrogen) atoms. The Balaban J connectivity index is 2.22. The summed E-state index contributed by atoms with van der Waals surface area (Å²) in [5.41, 5.74) is 5.33. The first-order chi connectivity index (χ1) is 10.3. The Morgan fingerprint density at radius 1 is 1.05 bits per heavy atom. The van der Waals surface area contributed by atoms with Gasteiger partial charge in [0.05, 0.1) is 6.61 Å². The zero-order chi connectivity index (χ0) is 14.8. The van der Waals surface area contributed by atoms with Crippen molar-refractivity contribution in [3.63, 3.8) is 0 Å². The van der Waals surface area contributed by atoms with Gasteiger partial charge in [-0.1, -0.05) is 43.0 Å². The van der Waals surface area contributed by atoms with E-state index in [0.29, 0.717) is 6.61 Å². The fourth-order valence-corrected chi connectivity index (χ4v) is 4.22. The van der Waals surface area contributed by atoms with E-state index in [-0.39, 0.29) is 0 Å². The Hall–Kier alpha value is -1.67. The van der Waals surface area contributed by atoms with E-state index >= 15 is 0 Å². The highest BCUT2D eigenvalue weighted by Crippen LogP contribution is 2.48. The topological polar surface area (TPSA) is 9.23 Å². The van der Waals surface area contributed by atoms with Crippen molar-refractivity contribution in [1.29, 1.82) is 0 Å². The van der Waals surface area contributed by atoms with Gasteiger partial charge in [0.25, 0.3) is 0 Å². The summed E-state index contributed by atoms with van der Waals surface area (Å²) in [6.07, 6.45) is 3.21. The number of hydrogen-bond donors (Lipinski definition) is 0. The number of rotatable bonds is 3. The number of fused-ring (bicyclic) bond motifs is 2. The van der Waals surface area contributed by atoms with Crippen LogP contribution in [0.15, 0.2) is 52.3 Å². The van der Waals surface area contributed by atoms with Crippen LogP contribution in [0.4, 0.5) is 0 Å². The SMILES string of the molecule is CC=C1c2ccccc2Sc2c1ccc(OCC)c2CC. The highest BCUT2D eigenvalue weighted by molar-refractivity contribution is 7.99. The summed E-state index contributed by atoms with van der Waals surface area (Å²) in [5, 5.41) is 0. The van der Waals surface area contributed by atoms with Crippen molar-refractivity contribution in [2.45, 2.75) is 37.0 Å². The van der Waals surface area contributed by atoms with Gasteiger partial charge >= 0.3 is 0 Å². The third-order valence-electron chi connectivity index (χ3n) is 3.84. The quantitative estimate of drug-likeness (QED) is 0.625. The molecule has 0 amide bonds. The van der Waals surface area contributed by atoms with E-state index in [1.807, 2.05) is 18.7 Å². The van der Waals surface area contributed by atoms with Crippen LogP contribution in [0, 0.1) is 0 Å². The Kier molecular flexibility index (Phi) is 4.07. The number of benzene rings is 2. The van der Waals surface area contributed by atoms with Gasteiger partial charge in [0.1, 0.15) is 5.75 Å². The van der Waals surface area contributed by atoms with Gasteiger partial charge in [0.2, 0.25) is 0 Å². The Morgan fingerprint density at radius 3 is 2.57 bits per heavy atom. The standard InChI is InChI=1S/C19H20OS/c1-4-13-15-9-7-8-10-18(15)21-19-14(5-2)17(20-6-3)12-11-16(13)19/h4,7-12H,5-6H2,1-3H3. The zero-order valence-corrected chi connectivity index (χ0v) is 13.6. The van der Waals surface area contributed by atoms with E-state index in [1.54, 1.807) is 0 Å². The lowest BCUT2D eigenvalue weighted by molar-refractivity contribution is 0.335. The molecule has 1 aliphatic rings. The summed E-state index contributed by atoms with van der Waals surface area (Å²) in [6, 6.07) is 13.0. The number of allylic oxidation sites excluding steroid dienone is 1. The van der Waals surface area contributed by atoms with E-state index in [4.69, 9.17) is 4.74 Å². The highest BCUT2D eigenvalue weighted by atomic mass is 32.2. The largest absolute Gasteiger partial charge is 0.494 e. The van der Waals surface area contributed by atoms with Gasteiger partial charge in [0.15, 0.2) is 0 Å². The fraction of sp³-hybridized carbons (Fsp3) is 0.263. The molecule has 1 aliphatic heterocycles. The predicted octanol–water partition coefficient (Wildman–Crippen LogP) is 5.56. The second kappa shape index (κ2) is 5.98. The average Bonchev–Trinajstić information content (AvgIpc) is 2.52. The van der Waals surface area contributed by atoms with Crippen molar-refractivity contribution in [1.82, 2.24) is 0 Å². The van der Waals surface area contributed by atoms with Crippen molar-refractivity contribution in [3.05, 3.63) is 59.2 Å². The lowest BCUT2D eigenvalue weighted by Crippen LogP contribution is -2.04. The van der Waals surface area contributed by atoms with E-state index in [2.05, 4.69) is 56.3 Å². The van der Waals surface area contributed by atoms with Crippen LogP contribution in [0.5, 0.6) is 5.75 Å². The van der Waals surface area contributed by atoms with Gasteiger partial charge in [-0.2, -0.15) is 0 Å². The summed E-state index contributed by atoms with van der Waals surface area (Å²) in [6.45, 7) is 7.07. The van der Waals surface area contributed by atoms with Crippen molar-refractivity contribution in [2.24, 2.45) is 0 Å². The van der Waals surface area contributed by atoms with E-state index in [0.717, 1.165) is 12.2 Å². The highest BCUT2D eigenvalue weighted by Gasteiger charge is 2.23. The number of hydrogen-bond acceptors (Lipinski definition) is 2. The molecule has 0 aromatic heterocycles. The lowest BCUT2D eigenvalue weighted by Gasteiger charge is -2.25. The summed E-state index contributed by atoms with van der Waals surface area (Å²) in [5.74, 6) is 1.03. The first-order valence-electron chi connectivity index (χ1n) is 7.52. The lowest BCUT2D eigenvalue weighted by atomic mass is 9.94. The predicted molar refractivity (Wildman–Crippen MR) is 90.3 cm³/mol. The molecule has 0 unspecified atom stereocenters. The molecule has 0 radical (unpaired) electrons. The maximum atomic E-state index is 5.82. The zero-order valence-electron chi connectivity index (χ0n) is 12.8. The van der Waals surface area contributed by atoms with Gasteiger partial charge in [-0.3, -0.25) is 0 Å². The molecule has 1 heterocycles. The van der Waals surface area contributed by atoms with Crippen molar-refractivity contribution in [3.8, 4) is 5.75 Å². The maximum Gasteiger partial charge on any atom is 0.123 e. The Labute approximate surface area is 131 Å². The maximum absolute atomic E-state index is 5.82. The summed E-state index contributed by atoms with van der Waals surface area (Å²) >= 11 is 1.87. The fourth-order valence-electron chi connectivity index (χ4n) is 2.91. The van der Waals surface area contributed by atoms with Crippen LogP contribution in [0.3, 0.4) is 0 Å². The normalized spacial score (nSPS) is 14.7. The minimum atomic E-state index is 0.712. The Morgan fingerprint density at radius 2 is 1.86 bits per heavy atom. The minimum absolute atomic E-state index is 0.712. The molecule has 1 nitrogen and oxygen atoms in total. The molecule has 0 bridgehead atoms. The third-order valence-corrected chi connectivity index (χ3v) is 5.09. The molecule has 2 aromatic rings. The van der Waals surface area contributed by atoms with E-state index in [1.165, 1.54) is 32.1 Å². The average molecular weight is 296 g/mol. The molecule has 0 saturated carbocycles.